The summed E-state index contributed by atoms with van der Waals surface area (Å²) in [5, 5.41) is 9.44. The first kappa shape index (κ1) is 18.6. The SMILES string of the molecule is Cc1cc(Oc2ccc(N)c(CN(C(=O)O)C(C)(C)C)c2)ccc1F. The zero-order valence-electron chi connectivity index (χ0n) is 14.8. The summed E-state index contributed by atoms with van der Waals surface area (Å²) in [6.45, 7) is 7.26. The number of nitrogen functional groups attached to an aromatic ring is 1. The van der Waals surface area contributed by atoms with Crippen molar-refractivity contribution in [2.75, 3.05) is 5.73 Å². The Morgan fingerprint density at radius 1 is 1.20 bits per heavy atom. The van der Waals surface area contributed by atoms with E-state index >= 15 is 0 Å². The van der Waals surface area contributed by atoms with Crippen molar-refractivity contribution >= 4 is 11.8 Å². The van der Waals surface area contributed by atoms with Gasteiger partial charge >= 0.3 is 6.09 Å². The van der Waals surface area contributed by atoms with E-state index in [0.717, 1.165) is 0 Å². The predicted octanol–water partition coefficient (Wildman–Crippen LogP) is 4.79. The average molecular weight is 346 g/mol. The highest BCUT2D eigenvalue weighted by Gasteiger charge is 2.26. The summed E-state index contributed by atoms with van der Waals surface area (Å²) in [4.78, 5) is 12.8. The topological polar surface area (TPSA) is 75.8 Å². The zero-order chi connectivity index (χ0) is 18.8. The number of anilines is 1. The monoisotopic (exact) mass is 346 g/mol. The molecule has 2 rings (SSSR count). The van der Waals surface area contributed by atoms with Crippen LogP contribution < -0.4 is 10.5 Å². The van der Waals surface area contributed by atoms with Crippen molar-refractivity contribution in [3.63, 3.8) is 0 Å². The van der Waals surface area contributed by atoms with Crippen LogP contribution in [0.5, 0.6) is 11.5 Å². The number of ether oxygens (including phenoxy) is 1. The van der Waals surface area contributed by atoms with Crippen molar-refractivity contribution in [2.45, 2.75) is 39.8 Å². The molecule has 2 aromatic rings. The van der Waals surface area contributed by atoms with E-state index in [-0.39, 0.29) is 12.4 Å². The molecule has 2 aromatic carbocycles. The second-order valence-corrected chi connectivity index (χ2v) is 6.91. The fourth-order valence-electron chi connectivity index (χ4n) is 2.36. The number of aryl methyl sites for hydroxylation is 1. The normalized spacial score (nSPS) is 11.2. The Morgan fingerprint density at radius 2 is 1.80 bits per heavy atom. The van der Waals surface area contributed by atoms with Crippen LogP contribution in [0.1, 0.15) is 31.9 Å². The van der Waals surface area contributed by atoms with Crippen LogP contribution in [-0.4, -0.2) is 21.6 Å². The molecule has 0 bridgehead atoms. The number of hydrogen-bond acceptors (Lipinski definition) is 3. The maximum absolute atomic E-state index is 13.4. The third-order valence-electron chi connectivity index (χ3n) is 3.85. The van der Waals surface area contributed by atoms with Crippen LogP contribution in [0.2, 0.25) is 0 Å². The molecule has 0 aliphatic rings. The fourth-order valence-corrected chi connectivity index (χ4v) is 2.36. The van der Waals surface area contributed by atoms with E-state index in [4.69, 9.17) is 10.5 Å². The van der Waals surface area contributed by atoms with Crippen molar-refractivity contribution in [1.29, 1.82) is 0 Å². The number of rotatable bonds is 4. The molecule has 0 aromatic heterocycles. The lowest BCUT2D eigenvalue weighted by atomic mass is 10.0. The maximum atomic E-state index is 13.4. The van der Waals surface area contributed by atoms with Crippen LogP contribution in [0.25, 0.3) is 0 Å². The van der Waals surface area contributed by atoms with Gasteiger partial charge in [0.05, 0.1) is 6.54 Å². The highest BCUT2D eigenvalue weighted by molar-refractivity contribution is 5.66. The molecule has 134 valence electrons. The highest BCUT2D eigenvalue weighted by atomic mass is 19.1. The molecular formula is C19H23FN2O3. The van der Waals surface area contributed by atoms with Gasteiger partial charge in [-0.1, -0.05) is 0 Å². The molecule has 0 heterocycles. The number of nitrogens with zero attached hydrogens (tertiary/aromatic N) is 1. The predicted molar refractivity (Wildman–Crippen MR) is 95.4 cm³/mol. The van der Waals surface area contributed by atoms with Crippen LogP contribution in [-0.2, 0) is 6.54 Å². The first-order valence-electron chi connectivity index (χ1n) is 7.91. The number of hydrogen-bond donors (Lipinski definition) is 2. The summed E-state index contributed by atoms with van der Waals surface area (Å²) in [6, 6.07) is 9.55. The molecule has 5 nitrogen and oxygen atoms in total. The van der Waals surface area contributed by atoms with Gasteiger partial charge in [-0.25, -0.2) is 9.18 Å². The van der Waals surface area contributed by atoms with Crippen LogP contribution in [0.15, 0.2) is 36.4 Å². The van der Waals surface area contributed by atoms with Crippen molar-refractivity contribution < 1.29 is 19.0 Å². The Labute approximate surface area is 146 Å². The van der Waals surface area contributed by atoms with Gasteiger partial charge in [-0.3, -0.25) is 4.90 Å². The quantitative estimate of drug-likeness (QED) is 0.781. The minimum absolute atomic E-state index is 0.143. The molecule has 3 N–H and O–H groups in total. The lowest BCUT2D eigenvalue weighted by Crippen LogP contribution is -2.44. The Bertz CT molecular complexity index is 785. The molecule has 0 saturated heterocycles. The lowest BCUT2D eigenvalue weighted by Gasteiger charge is -2.33. The molecule has 0 unspecified atom stereocenters. The van der Waals surface area contributed by atoms with Gasteiger partial charge in [0.2, 0.25) is 0 Å². The lowest BCUT2D eigenvalue weighted by molar-refractivity contribution is 0.0956. The van der Waals surface area contributed by atoms with Gasteiger partial charge in [0, 0.05) is 11.2 Å². The van der Waals surface area contributed by atoms with Gasteiger partial charge in [0.15, 0.2) is 0 Å². The minimum atomic E-state index is -1.02. The molecule has 25 heavy (non-hydrogen) atoms. The smallest absolute Gasteiger partial charge is 0.408 e. The number of nitrogens with two attached hydrogens (primary N) is 1. The molecule has 6 heteroatoms. The van der Waals surface area contributed by atoms with Crippen molar-refractivity contribution in [3.05, 3.63) is 53.3 Å². The van der Waals surface area contributed by atoms with E-state index in [2.05, 4.69) is 0 Å². The molecule has 0 fully saturated rings. The first-order valence-corrected chi connectivity index (χ1v) is 7.91. The Morgan fingerprint density at radius 3 is 2.36 bits per heavy atom. The fraction of sp³-hybridized carbons (Fsp3) is 0.316. The minimum Gasteiger partial charge on any atom is -0.465 e. The van der Waals surface area contributed by atoms with Gasteiger partial charge < -0.3 is 15.6 Å². The van der Waals surface area contributed by atoms with Gasteiger partial charge in [-0.15, -0.1) is 0 Å². The Hall–Kier alpha value is -2.76. The summed E-state index contributed by atoms with van der Waals surface area (Å²) in [5.41, 5.74) is 7.04. The van der Waals surface area contributed by atoms with Gasteiger partial charge in [0.1, 0.15) is 17.3 Å². The third-order valence-corrected chi connectivity index (χ3v) is 3.85. The Kier molecular flexibility index (Phi) is 5.21. The molecule has 0 saturated carbocycles. The number of carboxylic acid groups (broad SMARTS) is 1. The second kappa shape index (κ2) is 7.01. The summed E-state index contributed by atoms with van der Waals surface area (Å²) in [5.74, 6) is 0.711. The molecule has 0 atom stereocenters. The zero-order valence-corrected chi connectivity index (χ0v) is 14.8. The summed E-state index contributed by atoms with van der Waals surface area (Å²) >= 11 is 0. The first-order chi connectivity index (χ1) is 11.6. The number of benzene rings is 2. The highest BCUT2D eigenvalue weighted by Crippen LogP contribution is 2.28. The largest absolute Gasteiger partial charge is 0.465 e. The van der Waals surface area contributed by atoms with E-state index < -0.39 is 11.6 Å². The van der Waals surface area contributed by atoms with E-state index in [1.807, 2.05) is 20.8 Å². The van der Waals surface area contributed by atoms with E-state index in [9.17, 15) is 14.3 Å². The van der Waals surface area contributed by atoms with Gasteiger partial charge in [0.25, 0.3) is 0 Å². The number of amides is 1. The van der Waals surface area contributed by atoms with E-state index in [0.29, 0.717) is 28.3 Å². The number of halogens is 1. The summed E-state index contributed by atoms with van der Waals surface area (Å²) < 4.78 is 19.1. The summed E-state index contributed by atoms with van der Waals surface area (Å²) in [6.07, 6.45) is -1.02. The van der Waals surface area contributed by atoms with E-state index in [1.54, 1.807) is 31.2 Å². The summed E-state index contributed by atoms with van der Waals surface area (Å²) in [7, 11) is 0. The third kappa shape index (κ3) is 4.62. The second-order valence-electron chi connectivity index (χ2n) is 6.91. The molecule has 0 spiro atoms. The van der Waals surface area contributed by atoms with Crippen LogP contribution in [0.3, 0.4) is 0 Å². The average Bonchev–Trinajstić information content (AvgIpc) is 2.49. The van der Waals surface area contributed by atoms with E-state index in [1.165, 1.54) is 17.0 Å². The molecule has 0 radical (unpaired) electrons. The number of carbonyl (C=O) groups is 1. The maximum Gasteiger partial charge on any atom is 0.408 e. The van der Waals surface area contributed by atoms with Gasteiger partial charge in [-0.2, -0.15) is 0 Å². The van der Waals surface area contributed by atoms with Crippen LogP contribution in [0.4, 0.5) is 14.9 Å². The van der Waals surface area contributed by atoms with Gasteiger partial charge in [-0.05, 0) is 75.2 Å². The van der Waals surface area contributed by atoms with Crippen molar-refractivity contribution in [3.8, 4) is 11.5 Å². The molecule has 0 aliphatic carbocycles. The molecule has 1 amide bonds. The van der Waals surface area contributed by atoms with Crippen LogP contribution in [0, 0.1) is 12.7 Å². The van der Waals surface area contributed by atoms with Crippen LogP contribution >= 0.6 is 0 Å². The molecule has 0 aliphatic heterocycles. The standard InChI is InChI=1S/C19H23FN2O3/c1-12-9-14(5-7-16(12)20)25-15-6-8-17(21)13(10-15)11-22(18(23)24)19(2,3)4/h5-10H,11,21H2,1-4H3,(H,23,24). The molecular weight excluding hydrogens is 323 g/mol. The van der Waals surface area contributed by atoms with Crippen molar-refractivity contribution in [2.24, 2.45) is 0 Å². The Balaban J connectivity index is 2.27. The van der Waals surface area contributed by atoms with Crippen molar-refractivity contribution in [1.82, 2.24) is 4.90 Å².